The standard InChI is InChI=1S/C12H12BrFN2O2/c13-7-3-4-8(9(14)6-7)11(17)16-10-2-1-5-15-12(10)18/h3-4,6,10H,1-2,5H2,(H,15,18)(H,16,17). The lowest BCUT2D eigenvalue weighted by atomic mass is 10.1. The first kappa shape index (κ1) is 13.0. The van der Waals surface area contributed by atoms with Crippen molar-refractivity contribution in [1.82, 2.24) is 10.6 Å². The van der Waals surface area contributed by atoms with Crippen molar-refractivity contribution in [2.45, 2.75) is 18.9 Å². The minimum absolute atomic E-state index is 0.0587. The molecule has 2 N–H and O–H groups in total. The number of carbonyl (C=O) groups excluding carboxylic acids is 2. The first-order valence-electron chi connectivity index (χ1n) is 5.61. The smallest absolute Gasteiger partial charge is 0.254 e. The topological polar surface area (TPSA) is 58.2 Å². The molecule has 2 rings (SSSR count). The van der Waals surface area contributed by atoms with Crippen LogP contribution in [0, 0.1) is 5.82 Å². The summed E-state index contributed by atoms with van der Waals surface area (Å²) in [6, 6.07) is 3.61. The molecule has 18 heavy (non-hydrogen) atoms. The van der Waals surface area contributed by atoms with Crippen LogP contribution in [0.3, 0.4) is 0 Å². The van der Waals surface area contributed by atoms with Crippen LogP contribution in [0.4, 0.5) is 4.39 Å². The van der Waals surface area contributed by atoms with Crippen molar-refractivity contribution >= 4 is 27.7 Å². The van der Waals surface area contributed by atoms with Crippen LogP contribution in [0.5, 0.6) is 0 Å². The monoisotopic (exact) mass is 314 g/mol. The number of rotatable bonds is 2. The van der Waals surface area contributed by atoms with Gasteiger partial charge in [0.2, 0.25) is 5.91 Å². The highest BCUT2D eigenvalue weighted by Crippen LogP contribution is 2.15. The largest absolute Gasteiger partial charge is 0.354 e. The maximum absolute atomic E-state index is 13.6. The fourth-order valence-corrected chi connectivity index (χ4v) is 2.15. The van der Waals surface area contributed by atoms with Gasteiger partial charge in [0.15, 0.2) is 0 Å². The molecule has 96 valence electrons. The van der Waals surface area contributed by atoms with Crippen molar-refractivity contribution in [3.05, 3.63) is 34.1 Å². The van der Waals surface area contributed by atoms with E-state index in [1.54, 1.807) is 6.07 Å². The van der Waals surface area contributed by atoms with Crippen LogP contribution in [0.1, 0.15) is 23.2 Å². The van der Waals surface area contributed by atoms with Crippen molar-refractivity contribution in [2.24, 2.45) is 0 Å². The van der Waals surface area contributed by atoms with Crippen LogP contribution in [-0.2, 0) is 4.79 Å². The molecule has 1 heterocycles. The Morgan fingerprint density at radius 3 is 2.94 bits per heavy atom. The normalized spacial score (nSPS) is 19.2. The summed E-state index contributed by atoms with van der Waals surface area (Å²) in [7, 11) is 0. The fraction of sp³-hybridized carbons (Fsp3) is 0.333. The average molecular weight is 315 g/mol. The molecule has 1 aromatic carbocycles. The van der Waals surface area contributed by atoms with E-state index < -0.39 is 17.8 Å². The van der Waals surface area contributed by atoms with Gasteiger partial charge in [-0.1, -0.05) is 15.9 Å². The van der Waals surface area contributed by atoms with E-state index in [2.05, 4.69) is 26.6 Å². The van der Waals surface area contributed by atoms with Gasteiger partial charge in [0.1, 0.15) is 11.9 Å². The van der Waals surface area contributed by atoms with Crippen LogP contribution in [0.15, 0.2) is 22.7 Å². The highest BCUT2D eigenvalue weighted by molar-refractivity contribution is 9.10. The zero-order valence-corrected chi connectivity index (χ0v) is 11.1. The number of hydrogen-bond donors (Lipinski definition) is 2. The molecule has 1 aliphatic rings. The van der Waals surface area contributed by atoms with Crippen molar-refractivity contribution in [3.8, 4) is 0 Å². The second kappa shape index (κ2) is 5.48. The molecule has 6 heteroatoms. The van der Waals surface area contributed by atoms with E-state index in [0.29, 0.717) is 17.4 Å². The van der Waals surface area contributed by atoms with E-state index in [1.165, 1.54) is 12.1 Å². The van der Waals surface area contributed by atoms with Crippen molar-refractivity contribution in [3.63, 3.8) is 0 Å². The fourth-order valence-electron chi connectivity index (χ4n) is 1.82. The molecule has 1 fully saturated rings. The summed E-state index contributed by atoms with van der Waals surface area (Å²) in [5, 5.41) is 5.20. The number of hydrogen-bond acceptors (Lipinski definition) is 2. The lowest BCUT2D eigenvalue weighted by molar-refractivity contribution is -0.124. The van der Waals surface area contributed by atoms with Crippen LogP contribution in [-0.4, -0.2) is 24.4 Å². The van der Waals surface area contributed by atoms with Gasteiger partial charge in [0, 0.05) is 11.0 Å². The Kier molecular flexibility index (Phi) is 3.96. The van der Waals surface area contributed by atoms with Gasteiger partial charge in [-0.25, -0.2) is 4.39 Å². The molecular formula is C12H12BrFN2O2. The van der Waals surface area contributed by atoms with E-state index in [1.807, 2.05) is 0 Å². The van der Waals surface area contributed by atoms with Crippen molar-refractivity contribution < 1.29 is 14.0 Å². The van der Waals surface area contributed by atoms with Crippen LogP contribution < -0.4 is 10.6 Å². The summed E-state index contributed by atoms with van der Waals surface area (Å²) in [4.78, 5) is 23.3. The second-order valence-corrected chi connectivity index (χ2v) is 5.00. The van der Waals surface area contributed by atoms with E-state index in [-0.39, 0.29) is 11.5 Å². The van der Waals surface area contributed by atoms with Gasteiger partial charge in [0.05, 0.1) is 5.56 Å². The first-order valence-corrected chi connectivity index (χ1v) is 6.41. The number of nitrogens with one attached hydrogen (secondary N) is 2. The van der Waals surface area contributed by atoms with Gasteiger partial charge >= 0.3 is 0 Å². The molecule has 1 aliphatic heterocycles. The third-order valence-electron chi connectivity index (χ3n) is 2.77. The van der Waals surface area contributed by atoms with E-state index >= 15 is 0 Å². The molecule has 0 radical (unpaired) electrons. The van der Waals surface area contributed by atoms with E-state index in [9.17, 15) is 14.0 Å². The molecule has 4 nitrogen and oxygen atoms in total. The Balaban J connectivity index is 2.09. The SMILES string of the molecule is O=C(NC1CCCNC1=O)c1ccc(Br)cc1F. The summed E-state index contributed by atoms with van der Waals surface area (Å²) in [5.41, 5.74) is -0.0587. The molecule has 0 aromatic heterocycles. The second-order valence-electron chi connectivity index (χ2n) is 4.08. The molecule has 1 unspecified atom stereocenters. The highest BCUT2D eigenvalue weighted by Gasteiger charge is 2.24. The molecule has 0 bridgehead atoms. The van der Waals surface area contributed by atoms with Crippen LogP contribution >= 0.6 is 15.9 Å². The molecular weight excluding hydrogens is 303 g/mol. The molecule has 0 aliphatic carbocycles. The van der Waals surface area contributed by atoms with Gasteiger partial charge in [-0.3, -0.25) is 9.59 Å². The maximum atomic E-state index is 13.6. The lowest BCUT2D eigenvalue weighted by Gasteiger charge is -2.22. The van der Waals surface area contributed by atoms with Crippen molar-refractivity contribution in [2.75, 3.05) is 6.54 Å². The minimum Gasteiger partial charge on any atom is -0.354 e. The Morgan fingerprint density at radius 1 is 1.50 bits per heavy atom. The number of carbonyl (C=O) groups is 2. The quantitative estimate of drug-likeness (QED) is 0.871. The van der Waals surface area contributed by atoms with Crippen molar-refractivity contribution in [1.29, 1.82) is 0 Å². The summed E-state index contributed by atoms with van der Waals surface area (Å²) < 4.78 is 14.1. The van der Waals surface area contributed by atoms with Gasteiger partial charge in [-0.15, -0.1) is 0 Å². The summed E-state index contributed by atoms with van der Waals surface area (Å²) >= 11 is 3.12. The molecule has 1 aromatic rings. The molecule has 2 amide bonds. The minimum atomic E-state index is -0.613. The third-order valence-corrected chi connectivity index (χ3v) is 3.26. The average Bonchev–Trinajstić information content (AvgIpc) is 2.32. The molecule has 0 spiro atoms. The Morgan fingerprint density at radius 2 is 2.28 bits per heavy atom. The van der Waals surface area contributed by atoms with Crippen LogP contribution in [0.2, 0.25) is 0 Å². The number of halogens is 2. The van der Waals surface area contributed by atoms with E-state index in [0.717, 1.165) is 6.42 Å². The zero-order valence-electron chi connectivity index (χ0n) is 9.50. The summed E-state index contributed by atoms with van der Waals surface area (Å²) in [5.74, 6) is -1.40. The van der Waals surface area contributed by atoms with E-state index in [4.69, 9.17) is 0 Å². The van der Waals surface area contributed by atoms with Crippen LogP contribution in [0.25, 0.3) is 0 Å². The Hall–Kier alpha value is -1.43. The summed E-state index contributed by atoms with van der Waals surface area (Å²) in [6.45, 7) is 0.623. The summed E-state index contributed by atoms with van der Waals surface area (Å²) in [6.07, 6.45) is 1.38. The van der Waals surface area contributed by atoms with Gasteiger partial charge < -0.3 is 10.6 Å². The molecule has 1 atom stereocenters. The van der Waals surface area contributed by atoms with Gasteiger partial charge in [-0.05, 0) is 31.0 Å². The number of piperidine rings is 1. The van der Waals surface area contributed by atoms with Gasteiger partial charge in [-0.2, -0.15) is 0 Å². The number of amides is 2. The lowest BCUT2D eigenvalue weighted by Crippen LogP contribution is -2.50. The Bertz CT molecular complexity index is 493. The van der Waals surface area contributed by atoms with Gasteiger partial charge in [0.25, 0.3) is 5.91 Å². The highest BCUT2D eigenvalue weighted by atomic mass is 79.9. The predicted octanol–water partition coefficient (Wildman–Crippen LogP) is 1.60. The number of benzene rings is 1. The molecule has 1 saturated heterocycles. The predicted molar refractivity (Wildman–Crippen MR) is 67.6 cm³/mol. The maximum Gasteiger partial charge on any atom is 0.254 e. The zero-order chi connectivity index (χ0) is 13.1. The molecule has 0 saturated carbocycles. The third kappa shape index (κ3) is 2.87. The first-order chi connectivity index (χ1) is 8.58. The Labute approximate surface area is 112 Å².